The molecule has 4 nitrogen and oxygen atoms in total. The maximum absolute atomic E-state index is 12.0. The molecule has 2 heterocycles. The molecule has 0 saturated carbocycles. The van der Waals surface area contributed by atoms with Crippen molar-refractivity contribution in [3.8, 4) is 0 Å². The predicted octanol–water partition coefficient (Wildman–Crippen LogP) is 2.39. The second-order valence-electron chi connectivity index (χ2n) is 3.74. The van der Waals surface area contributed by atoms with Crippen LogP contribution in [-0.2, 0) is 13.5 Å². The predicted molar refractivity (Wildman–Crippen MR) is 67.8 cm³/mol. The highest BCUT2D eigenvalue weighted by Crippen LogP contribution is 2.17. The van der Waals surface area contributed by atoms with E-state index in [1.54, 1.807) is 30.3 Å². The Kier molecular flexibility index (Phi) is 3.68. The topological polar surface area (TPSA) is 47.8 Å². The van der Waals surface area contributed by atoms with Gasteiger partial charge in [-0.2, -0.15) is 5.10 Å². The number of aryl methyl sites for hydroxylation is 2. The normalized spacial score (nSPS) is 10.5. The smallest absolute Gasteiger partial charge is 0.182 e. The maximum Gasteiger partial charge on any atom is 0.182 e. The van der Waals surface area contributed by atoms with Crippen LogP contribution in [0, 0.1) is 0 Å². The Bertz CT molecular complexity index is 502. The first-order chi connectivity index (χ1) is 8.18. The number of rotatable bonds is 4. The number of nitrogens with zero attached hydrogens (tertiary/aromatic N) is 3. The first-order valence-electron chi connectivity index (χ1n) is 5.28. The van der Waals surface area contributed by atoms with Crippen LogP contribution in [0.5, 0.6) is 0 Å². The first-order valence-corrected chi connectivity index (χ1v) is 6.07. The summed E-state index contributed by atoms with van der Waals surface area (Å²) in [5, 5.41) is 4.03. The number of halogens is 1. The van der Waals surface area contributed by atoms with E-state index in [1.807, 2.05) is 12.1 Å². The molecule has 0 bridgehead atoms. The Labute approximate surface area is 108 Å². The number of carbonyl (C=O) groups excluding carboxylic acids is 1. The molecule has 0 aliphatic heterocycles. The van der Waals surface area contributed by atoms with Gasteiger partial charge in [0.05, 0.1) is 10.7 Å². The van der Waals surface area contributed by atoms with Crippen molar-refractivity contribution in [3.05, 3.63) is 46.5 Å². The molecular weight excluding hydrogens is 282 g/mol. The van der Waals surface area contributed by atoms with E-state index in [2.05, 4.69) is 26.0 Å². The van der Waals surface area contributed by atoms with Crippen LogP contribution in [-0.4, -0.2) is 20.5 Å². The highest BCUT2D eigenvalue weighted by molar-refractivity contribution is 9.10. The molecule has 0 amide bonds. The lowest BCUT2D eigenvalue weighted by atomic mass is 10.1. The molecular formula is C12H12BrN3O. The van der Waals surface area contributed by atoms with Gasteiger partial charge in [-0.3, -0.25) is 14.5 Å². The van der Waals surface area contributed by atoms with Gasteiger partial charge in [-0.15, -0.1) is 0 Å². The lowest BCUT2D eigenvalue weighted by Crippen LogP contribution is -2.08. The summed E-state index contributed by atoms with van der Waals surface area (Å²) in [5.41, 5.74) is 1.74. The quantitative estimate of drug-likeness (QED) is 0.813. The van der Waals surface area contributed by atoms with Crippen LogP contribution >= 0.6 is 15.9 Å². The second-order valence-corrected chi connectivity index (χ2v) is 4.60. The summed E-state index contributed by atoms with van der Waals surface area (Å²) in [7, 11) is 1.77. The molecule has 2 rings (SSSR count). The molecule has 0 saturated heterocycles. The van der Waals surface area contributed by atoms with Crippen molar-refractivity contribution in [2.75, 3.05) is 0 Å². The highest BCUT2D eigenvalue weighted by Gasteiger charge is 2.14. The average Bonchev–Trinajstić information content (AvgIpc) is 2.67. The van der Waals surface area contributed by atoms with Crippen molar-refractivity contribution in [2.24, 2.45) is 7.05 Å². The van der Waals surface area contributed by atoms with Crippen LogP contribution in [0.25, 0.3) is 0 Å². The van der Waals surface area contributed by atoms with Crippen LogP contribution in [0.4, 0.5) is 0 Å². The van der Waals surface area contributed by atoms with Crippen molar-refractivity contribution in [1.29, 1.82) is 0 Å². The number of aromatic nitrogens is 3. The van der Waals surface area contributed by atoms with E-state index in [-0.39, 0.29) is 5.78 Å². The molecule has 0 radical (unpaired) electrons. The lowest BCUT2D eigenvalue weighted by Gasteiger charge is -2.02. The maximum atomic E-state index is 12.0. The third-order valence-corrected chi connectivity index (χ3v) is 3.13. The fourth-order valence-corrected chi connectivity index (χ4v) is 2.22. The zero-order valence-electron chi connectivity index (χ0n) is 9.43. The van der Waals surface area contributed by atoms with Crippen molar-refractivity contribution >= 4 is 21.7 Å². The molecule has 2 aromatic heterocycles. The summed E-state index contributed by atoms with van der Waals surface area (Å²) in [6, 6.07) is 3.84. The Hall–Kier alpha value is -1.49. The summed E-state index contributed by atoms with van der Waals surface area (Å²) in [5.74, 6) is 0.0914. The molecule has 0 N–H and O–H groups in total. The monoisotopic (exact) mass is 293 g/mol. The van der Waals surface area contributed by atoms with Gasteiger partial charge in [0.15, 0.2) is 5.78 Å². The molecule has 17 heavy (non-hydrogen) atoms. The van der Waals surface area contributed by atoms with Crippen molar-refractivity contribution in [2.45, 2.75) is 12.8 Å². The Balaban J connectivity index is 2.04. The second kappa shape index (κ2) is 5.23. The standard InChI is InChI=1S/C12H12BrN3O/c1-16-12(10(13)8-15-16)11(17)3-2-9-4-6-14-7-5-9/h4-8H,2-3H2,1H3. The molecule has 0 unspecified atom stereocenters. The molecule has 88 valence electrons. The molecule has 2 aromatic rings. The van der Waals surface area contributed by atoms with Crippen LogP contribution < -0.4 is 0 Å². The first kappa shape index (κ1) is 12.0. The fourth-order valence-electron chi connectivity index (χ4n) is 1.65. The number of carbonyl (C=O) groups is 1. The van der Waals surface area contributed by atoms with Crippen molar-refractivity contribution in [3.63, 3.8) is 0 Å². The minimum atomic E-state index is 0.0914. The van der Waals surface area contributed by atoms with Crippen LogP contribution in [0.3, 0.4) is 0 Å². The number of hydrogen-bond donors (Lipinski definition) is 0. The third kappa shape index (κ3) is 2.79. The summed E-state index contributed by atoms with van der Waals surface area (Å²) in [6.45, 7) is 0. The van der Waals surface area contributed by atoms with Crippen LogP contribution in [0.2, 0.25) is 0 Å². The van der Waals surface area contributed by atoms with Crippen molar-refractivity contribution in [1.82, 2.24) is 14.8 Å². The van der Waals surface area contributed by atoms with Gasteiger partial charge in [0, 0.05) is 25.9 Å². The van der Waals surface area contributed by atoms with Gasteiger partial charge >= 0.3 is 0 Å². The fraction of sp³-hybridized carbons (Fsp3) is 0.250. The van der Waals surface area contributed by atoms with E-state index < -0.39 is 0 Å². The van der Waals surface area contributed by atoms with Crippen LogP contribution in [0.15, 0.2) is 35.2 Å². The molecule has 0 aliphatic carbocycles. The van der Waals surface area contributed by atoms with Crippen molar-refractivity contribution < 1.29 is 4.79 Å². The van der Waals surface area contributed by atoms with Gasteiger partial charge in [0.1, 0.15) is 5.69 Å². The minimum absolute atomic E-state index is 0.0914. The highest BCUT2D eigenvalue weighted by atomic mass is 79.9. The number of Topliss-reactive ketones (excluding diaryl/α,β-unsaturated/α-hetero) is 1. The SMILES string of the molecule is Cn1ncc(Br)c1C(=O)CCc1ccncc1. The van der Waals surface area contributed by atoms with E-state index >= 15 is 0 Å². The van der Waals surface area contributed by atoms with E-state index in [1.165, 1.54) is 0 Å². The Morgan fingerprint density at radius 3 is 2.71 bits per heavy atom. The van der Waals surface area contributed by atoms with Gasteiger partial charge < -0.3 is 0 Å². The number of hydrogen-bond acceptors (Lipinski definition) is 3. The zero-order valence-corrected chi connectivity index (χ0v) is 11.0. The molecule has 0 aliphatic rings. The summed E-state index contributed by atoms with van der Waals surface area (Å²) >= 11 is 3.33. The summed E-state index contributed by atoms with van der Waals surface area (Å²) in [6.07, 6.45) is 6.31. The summed E-state index contributed by atoms with van der Waals surface area (Å²) in [4.78, 5) is 16.0. The number of pyridine rings is 1. The number of ketones is 1. The van der Waals surface area contributed by atoms with Gasteiger partial charge in [-0.25, -0.2) is 0 Å². The Morgan fingerprint density at radius 1 is 1.41 bits per heavy atom. The molecule has 0 fully saturated rings. The molecule has 5 heteroatoms. The minimum Gasteiger partial charge on any atom is -0.292 e. The Morgan fingerprint density at radius 2 is 2.12 bits per heavy atom. The zero-order chi connectivity index (χ0) is 12.3. The van der Waals surface area contributed by atoms with Gasteiger partial charge in [-0.1, -0.05) is 0 Å². The van der Waals surface area contributed by atoms with E-state index in [4.69, 9.17) is 0 Å². The molecule has 0 aromatic carbocycles. The van der Waals surface area contributed by atoms with Gasteiger partial charge in [-0.05, 0) is 40.0 Å². The van der Waals surface area contributed by atoms with E-state index in [0.717, 1.165) is 16.5 Å². The van der Waals surface area contributed by atoms with Gasteiger partial charge in [0.25, 0.3) is 0 Å². The summed E-state index contributed by atoms with van der Waals surface area (Å²) < 4.78 is 2.35. The molecule has 0 atom stereocenters. The van der Waals surface area contributed by atoms with E-state index in [0.29, 0.717) is 12.1 Å². The van der Waals surface area contributed by atoms with E-state index in [9.17, 15) is 4.79 Å². The van der Waals surface area contributed by atoms with Crippen LogP contribution in [0.1, 0.15) is 22.5 Å². The largest absolute Gasteiger partial charge is 0.292 e. The lowest BCUT2D eigenvalue weighted by molar-refractivity contribution is 0.0973. The molecule has 0 spiro atoms. The van der Waals surface area contributed by atoms with Gasteiger partial charge in [0.2, 0.25) is 0 Å². The average molecular weight is 294 g/mol. The third-order valence-electron chi connectivity index (χ3n) is 2.55.